The van der Waals surface area contributed by atoms with Gasteiger partial charge >= 0.3 is 12.1 Å². The van der Waals surface area contributed by atoms with Gasteiger partial charge in [0, 0.05) is 12.0 Å². The molecule has 0 bridgehead atoms. The molecular weight excluding hydrogens is 323 g/mol. The molecule has 126 valence electrons. The van der Waals surface area contributed by atoms with E-state index >= 15 is 0 Å². The minimum Gasteiger partial charge on any atom is -0.508 e. The van der Waals surface area contributed by atoms with Gasteiger partial charge in [0.2, 0.25) is 0 Å². The molecule has 2 aromatic carbocycles. The first-order valence-corrected chi connectivity index (χ1v) is 7.02. The third-order valence-corrected chi connectivity index (χ3v) is 3.31. The van der Waals surface area contributed by atoms with Gasteiger partial charge in [0.15, 0.2) is 5.78 Å². The maximum atomic E-state index is 12.5. The third-order valence-electron chi connectivity index (χ3n) is 3.31. The first-order valence-electron chi connectivity index (χ1n) is 7.02. The van der Waals surface area contributed by atoms with Gasteiger partial charge in [0.1, 0.15) is 5.75 Å². The molecule has 0 heterocycles. The van der Waals surface area contributed by atoms with Crippen LogP contribution in [0.1, 0.15) is 15.9 Å². The van der Waals surface area contributed by atoms with Crippen LogP contribution in [0, 0.1) is 0 Å². The summed E-state index contributed by atoms with van der Waals surface area (Å²) in [6, 6.07) is 12.0. The van der Waals surface area contributed by atoms with E-state index < -0.39 is 23.9 Å². The average Bonchev–Trinajstić information content (AvgIpc) is 2.55. The monoisotopic (exact) mass is 337 g/mol. The van der Waals surface area contributed by atoms with E-state index in [0.29, 0.717) is 5.56 Å². The van der Waals surface area contributed by atoms with Crippen LogP contribution in [0.4, 0.5) is 13.2 Å². The lowest BCUT2D eigenvalue weighted by Gasteiger charge is -2.19. The number of nitrogens with one attached hydrogen (secondary N) is 1. The molecule has 1 atom stereocenters. The molecular formula is C17H14F3NO3. The first-order chi connectivity index (χ1) is 11.3. The molecule has 2 rings (SSSR count). The van der Waals surface area contributed by atoms with Crippen LogP contribution in [0.5, 0.6) is 5.75 Å². The number of carbonyl (C=O) groups excluding carboxylic acids is 2. The van der Waals surface area contributed by atoms with Crippen molar-refractivity contribution in [3.63, 3.8) is 0 Å². The summed E-state index contributed by atoms with van der Waals surface area (Å²) in [5.74, 6) is -2.80. The number of amides is 1. The van der Waals surface area contributed by atoms with Gasteiger partial charge in [-0.05, 0) is 17.7 Å². The fourth-order valence-corrected chi connectivity index (χ4v) is 2.12. The molecule has 0 aromatic heterocycles. The second kappa shape index (κ2) is 7.16. The quantitative estimate of drug-likeness (QED) is 0.825. The van der Waals surface area contributed by atoms with Crippen LogP contribution in [0.15, 0.2) is 54.6 Å². The number of hydrogen-bond donors (Lipinski definition) is 2. The Morgan fingerprint density at radius 1 is 1.00 bits per heavy atom. The zero-order valence-electron chi connectivity index (χ0n) is 12.4. The Bertz CT molecular complexity index is 712. The summed E-state index contributed by atoms with van der Waals surface area (Å²) in [7, 11) is 0. The van der Waals surface area contributed by atoms with E-state index in [1.807, 2.05) is 0 Å². The molecule has 0 saturated carbocycles. The lowest BCUT2D eigenvalue weighted by atomic mass is 9.97. The number of phenolic OH excluding ortho intramolecular Hbond substituents is 1. The zero-order valence-corrected chi connectivity index (χ0v) is 12.4. The minimum atomic E-state index is -5.08. The number of alkyl halides is 3. The molecule has 0 aliphatic carbocycles. The minimum absolute atomic E-state index is 0.0102. The number of benzene rings is 2. The Morgan fingerprint density at radius 3 is 2.12 bits per heavy atom. The van der Waals surface area contributed by atoms with Crippen molar-refractivity contribution in [3.8, 4) is 5.75 Å². The highest BCUT2D eigenvalue weighted by molar-refractivity contribution is 6.02. The molecule has 2 N–H and O–H groups in total. The number of rotatable bonds is 5. The van der Waals surface area contributed by atoms with Crippen molar-refractivity contribution in [2.75, 3.05) is 0 Å². The summed E-state index contributed by atoms with van der Waals surface area (Å²) in [4.78, 5) is 23.7. The van der Waals surface area contributed by atoms with E-state index in [2.05, 4.69) is 0 Å². The second-order valence-electron chi connectivity index (χ2n) is 5.12. The van der Waals surface area contributed by atoms with E-state index in [-0.39, 0.29) is 17.7 Å². The summed E-state index contributed by atoms with van der Waals surface area (Å²) < 4.78 is 37.5. The molecule has 7 heteroatoms. The van der Waals surface area contributed by atoms with Crippen LogP contribution in [0.2, 0.25) is 0 Å². The Hall–Kier alpha value is -2.83. The van der Waals surface area contributed by atoms with Gasteiger partial charge in [0.25, 0.3) is 0 Å². The summed E-state index contributed by atoms with van der Waals surface area (Å²) in [6.07, 6.45) is -5.21. The highest BCUT2D eigenvalue weighted by Gasteiger charge is 2.40. The summed E-state index contributed by atoms with van der Waals surface area (Å²) >= 11 is 0. The molecule has 0 unspecified atom stereocenters. The zero-order chi connectivity index (χ0) is 17.7. The molecule has 4 nitrogen and oxygen atoms in total. The molecule has 2 aromatic rings. The molecule has 24 heavy (non-hydrogen) atoms. The van der Waals surface area contributed by atoms with E-state index in [4.69, 9.17) is 0 Å². The number of phenols is 1. The molecule has 0 radical (unpaired) electrons. The molecule has 0 fully saturated rings. The van der Waals surface area contributed by atoms with Crippen LogP contribution < -0.4 is 5.32 Å². The van der Waals surface area contributed by atoms with E-state index in [9.17, 15) is 27.9 Å². The Kier molecular flexibility index (Phi) is 5.23. The summed E-state index contributed by atoms with van der Waals surface area (Å²) in [6.45, 7) is 0. The number of carbonyl (C=O) groups is 2. The smallest absolute Gasteiger partial charge is 0.471 e. The lowest BCUT2D eigenvalue weighted by Crippen LogP contribution is -2.48. The van der Waals surface area contributed by atoms with Crippen molar-refractivity contribution in [2.45, 2.75) is 18.6 Å². The standard InChI is InChI=1S/C17H14F3NO3/c18-17(19,20)16(24)21-14(10-11-6-8-13(22)9-7-11)15(23)12-4-2-1-3-5-12/h1-9,14,22H,10H2,(H,21,24)/t14-/m0/s1. The van der Waals surface area contributed by atoms with Gasteiger partial charge in [-0.2, -0.15) is 13.2 Å². The highest BCUT2D eigenvalue weighted by Crippen LogP contribution is 2.17. The second-order valence-corrected chi connectivity index (χ2v) is 5.12. The Balaban J connectivity index is 2.25. The fraction of sp³-hybridized carbons (Fsp3) is 0.176. The van der Waals surface area contributed by atoms with E-state index in [1.165, 1.54) is 36.4 Å². The predicted molar refractivity (Wildman–Crippen MR) is 80.6 cm³/mol. The topological polar surface area (TPSA) is 66.4 Å². The van der Waals surface area contributed by atoms with Gasteiger partial charge in [-0.15, -0.1) is 0 Å². The number of halogens is 3. The van der Waals surface area contributed by atoms with Crippen LogP contribution in [0.25, 0.3) is 0 Å². The lowest BCUT2D eigenvalue weighted by molar-refractivity contribution is -0.174. The van der Waals surface area contributed by atoms with Crippen LogP contribution in [0.3, 0.4) is 0 Å². The summed E-state index contributed by atoms with van der Waals surface area (Å²) in [5, 5.41) is 11.0. The van der Waals surface area contributed by atoms with Crippen molar-refractivity contribution >= 4 is 11.7 Å². The predicted octanol–water partition coefficient (Wildman–Crippen LogP) is 2.86. The largest absolute Gasteiger partial charge is 0.508 e. The molecule has 1 amide bonds. The number of Topliss-reactive ketones (excluding diaryl/α,β-unsaturated/α-hetero) is 1. The Labute approximate surface area is 135 Å². The molecule has 0 saturated heterocycles. The normalized spacial score (nSPS) is 12.5. The van der Waals surface area contributed by atoms with Crippen LogP contribution >= 0.6 is 0 Å². The first kappa shape index (κ1) is 17.5. The Morgan fingerprint density at radius 2 is 1.58 bits per heavy atom. The molecule has 0 spiro atoms. The van der Waals surface area contributed by atoms with Crippen molar-refractivity contribution in [3.05, 3.63) is 65.7 Å². The molecule has 0 aliphatic heterocycles. The average molecular weight is 337 g/mol. The number of hydrogen-bond acceptors (Lipinski definition) is 3. The van der Waals surface area contributed by atoms with Crippen LogP contribution in [-0.2, 0) is 11.2 Å². The van der Waals surface area contributed by atoms with Crippen molar-refractivity contribution in [2.24, 2.45) is 0 Å². The SMILES string of the molecule is O=C(c1ccccc1)[C@H](Cc1ccc(O)cc1)NC(=O)C(F)(F)F. The van der Waals surface area contributed by atoms with Gasteiger partial charge in [-0.3, -0.25) is 9.59 Å². The van der Waals surface area contributed by atoms with E-state index in [0.717, 1.165) is 0 Å². The third kappa shape index (κ3) is 4.58. The number of aromatic hydroxyl groups is 1. The van der Waals surface area contributed by atoms with Gasteiger partial charge in [-0.25, -0.2) is 0 Å². The highest BCUT2D eigenvalue weighted by atomic mass is 19.4. The van der Waals surface area contributed by atoms with Gasteiger partial charge in [-0.1, -0.05) is 42.5 Å². The van der Waals surface area contributed by atoms with E-state index in [1.54, 1.807) is 23.5 Å². The van der Waals surface area contributed by atoms with Crippen molar-refractivity contribution in [1.82, 2.24) is 5.32 Å². The van der Waals surface area contributed by atoms with Crippen LogP contribution in [-0.4, -0.2) is 29.0 Å². The molecule has 0 aliphatic rings. The summed E-state index contributed by atoms with van der Waals surface area (Å²) in [5.41, 5.74) is 0.702. The van der Waals surface area contributed by atoms with Gasteiger partial charge < -0.3 is 10.4 Å². The van der Waals surface area contributed by atoms with Gasteiger partial charge in [0.05, 0.1) is 6.04 Å². The van der Waals surface area contributed by atoms with Crippen molar-refractivity contribution in [1.29, 1.82) is 0 Å². The maximum absolute atomic E-state index is 12.5. The number of ketones is 1. The maximum Gasteiger partial charge on any atom is 0.471 e. The van der Waals surface area contributed by atoms with Crippen molar-refractivity contribution < 1.29 is 27.9 Å². The fourth-order valence-electron chi connectivity index (χ4n) is 2.12.